The molecule has 66 valence electrons. The van der Waals surface area contributed by atoms with Crippen molar-refractivity contribution >= 4 is 11.5 Å². The van der Waals surface area contributed by atoms with Crippen LogP contribution in [0.2, 0.25) is 0 Å². The molecule has 0 radical (unpaired) electrons. The molecule has 1 heterocycles. The first kappa shape index (κ1) is 7.98. The average Bonchev–Trinajstić information content (AvgIpc) is 2.52. The highest BCUT2D eigenvalue weighted by molar-refractivity contribution is 5.95. The molecule has 0 saturated heterocycles. The summed E-state index contributed by atoms with van der Waals surface area (Å²) in [7, 11) is 0. The maximum absolute atomic E-state index is 12.8. The number of hydrogen-bond acceptors (Lipinski definition) is 2. The van der Waals surface area contributed by atoms with E-state index in [2.05, 4.69) is 0 Å². The van der Waals surface area contributed by atoms with Crippen LogP contribution >= 0.6 is 0 Å². The fourth-order valence-corrected chi connectivity index (χ4v) is 1.23. The lowest BCUT2D eigenvalue weighted by atomic mass is 10.1. The molecule has 0 atom stereocenters. The van der Waals surface area contributed by atoms with Gasteiger partial charge in [-0.3, -0.25) is 0 Å². The van der Waals surface area contributed by atoms with E-state index in [-0.39, 0.29) is 18.4 Å². The summed E-state index contributed by atoms with van der Waals surface area (Å²) in [6, 6.07) is 6.10. The summed E-state index contributed by atoms with van der Waals surface area (Å²) in [4.78, 5) is 10.7. The summed E-state index contributed by atoms with van der Waals surface area (Å²) in [6.07, 6.45) is 1.38. The first-order valence-electron chi connectivity index (χ1n) is 3.89. The number of rotatable bonds is 1. The highest BCUT2D eigenvalue weighted by Crippen LogP contribution is 2.19. The van der Waals surface area contributed by atoms with Crippen molar-refractivity contribution < 1.29 is 13.9 Å². The van der Waals surface area contributed by atoms with Gasteiger partial charge in [0.15, 0.2) is 0 Å². The minimum Gasteiger partial charge on any atom is -0.458 e. The summed E-state index contributed by atoms with van der Waals surface area (Å²) in [5.74, 6) is -0.669. The Balaban J connectivity index is 2.36. The third kappa shape index (κ3) is 1.59. The van der Waals surface area contributed by atoms with Gasteiger partial charge in [0.25, 0.3) is 0 Å². The van der Waals surface area contributed by atoms with Crippen LogP contribution in [0.3, 0.4) is 0 Å². The monoisotopic (exact) mass is 178 g/mol. The number of cyclic esters (lactones) is 1. The normalized spacial score (nSPS) is 15.5. The molecule has 0 amide bonds. The Labute approximate surface area is 74.6 Å². The lowest BCUT2D eigenvalue weighted by molar-refractivity contribution is -0.134. The van der Waals surface area contributed by atoms with Gasteiger partial charge in [0, 0.05) is 11.6 Å². The van der Waals surface area contributed by atoms with E-state index in [1.54, 1.807) is 12.1 Å². The van der Waals surface area contributed by atoms with E-state index in [9.17, 15) is 9.18 Å². The topological polar surface area (TPSA) is 26.3 Å². The van der Waals surface area contributed by atoms with Gasteiger partial charge < -0.3 is 4.74 Å². The van der Waals surface area contributed by atoms with E-state index >= 15 is 0 Å². The van der Waals surface area contributed by atoms with Gasteiger partial charge in [-0.25, -0.2) is 9.18 Å². The van der Waals surface area contributed by atoms with Crippen molar-refractivity contribution in [1.82, 2.24) is 0 Å². The standard InChI is InChI=1S/C10H7FO2/c11-9-3-1-2-7(4-9)8-5-10(12)13-6-8/h1-5H,6H2. The molecule has 0 unspecified atom stereocenters. The Morgan fingerprint density at radius 1 is 1.38 bits per heavy atom. The summed E-state index contributed by atoms with van der Waals surface area (Å²) < 4.78 is 17.5. The smallest absolute Gasteiger partial charge is 0.331 e. The fraction of sp³-hybridized carbons (Fsp3) is 0.100. The Hall–Kier alpha value is -1.64. The molecule has 0 fully saturated rings. The number of carbonyl (C=O) groups excluding carboxylic acids is 1. The predicted octanol–water partition coefficient (Wildman–Crippen LogP) is 1.77. The van der Waals surface area contributed by atoms with Crippen molar-refractivity contribution in [2.45, 2.75) is 0 Å². The molecule has 0 saturated carbocycles. The second-order valence-electron chi connectivity index (χ2n) is 2.79. The average molecular weight is 178 g/mol. The molecule has 0 aliphatic carbocycles. The molecule has 2 nitrogen and oxygen atoms in total. The molecule has 3 heteroatoms. The first-order valence-corrected chi connectivity index (χ1v) is 3.89. The van der Waals surface area contributed by atoms with Crippen LogP contribution in [0.1, 0.15) is 5.56 Å². The molecule has 1 aromatic rings. The molecule has 2 rings (SSSR count). The van der Waals surface area contributed by atoms with Crippen LogP contribution in [-0.4, -0.2) is 12.6 Å². The van der Waals surface area contributed by atoms with Crippen molar-refractivity contribution in [2.24, 2.45) is 0 Å². The summed E-state index contributed by atoms with van der Waals surface area (Å²) >= 11 is 0. The number of carbonyl (C=O) groups is 1. The van der Waals surface area contributed by atoms with Crippen LogP contribution in [0.4, 0.5) is 4.39 Å². The van der Waals surface area contributed by atoms with E-state index in [1.807, 2.05) is 0 Å². The van der Waals surface area contributed by atoms with Crippen molar-refractivity contribution in [3.8, 4) is 0 Å². The van der Waals surface area contributed by atoms with Crippen LogP contribution in [0.15, 0.2) is 30.3 Å². The zero-order chi connectivity index (χ0) is 9.26. The second-order valence-corrected chi connectivity index (χ2v) is 2.79. The highest BCUT2D eigenvalue weighted by atomic mass is 19.1. The van der Waals surface area contributed by atoms with Crippen molar-refractivity contribution in [3.05, 3.63) is 41.7 Å². The van der Waals surface area contributed by atoms with E-state index in [0.29, 0.717) is 5.56 Å². The van der Waals surface area contributed by atoms with Crippen molar-refractivity contribution in [1.29, 1.82) is 0 Å². The zero-order valence-corrected chi connectivity index (χ0v) is 6.79. The van der Waals surface area contributed by atoms with Gasteiger partial charge >= 0.3 is 5.97 Å². The van der Waals surface area contributed by atoms with Gasteiger partial charge in [-0.1, -0.05) is 12.1 Å². The van der Waals surface area contributed by atoms with E-state index < -0.39 is 0 Å². The molecular weight excluding hydrogens is 171 g/mol. The van der Waals surface area contributed by atoms with E-state index in [0.717, 1.165) is 5.57 Å². The molecule has 0 bridgehead atoms. The van der Waals surface area contributed by atoms with Gasteiger partial charge in [0.2, 0.25) is 0 Å². The Morgan fingerprint density at radius 2 is 2.23 bits per heavy atom. The number of benzene rings is 1. The van der Waals surface area contributed by atoms with E-state index in [1.165, 1.54) is 18.2 Å². The van der Waals surface area contributed by atoms with Crippen LogP contribution in [0.5, 0.6) is 0 Å². The largest absolute Gasteiger partial charge is 0.458 e. The van der Waals surface area contributed by atoms with Crippen molar-refractivity contribution in [3.63, 3.8) is 0 Å². The van der Waals surface area contributed by atoms with Gasteiger partial charge in [-0.15, -0.1) is 0 Å². The van der Waals surface area contributed by atoms with Crippen LogP contribution in [0, 0.1) is 5.82 Å². The van der Waals surface area contributed by atoms with Gasteiger partial charge in [-0.2, -0.15) is 0 Å². The van der Waals surface area contributed by atoms with Gasteiger partial charge in [-0.05, 0) is 17.7 Å². The molecule has 1 aliphatic rings. The molecule has 0 aromatic heterocycles. The quantitative estimate of drug-likeness (QED) is 0.612. The minimum atomic E-state index is -0.362. The Morgan fingerprint density at radius 3 is 2.85 bits per heavy atom. The molecule has 13 heavy (non-hydrogen) atoms. The van der Waals surface area contributed by atoms with Gasteiger partial charge in [0.1, 0.15) is 12.4 Å². The fourth-order valence-electron chi connectivity index (χ4n) is 1.23. The van der Waals surface area contributed by atoms with Crippen molar-refractivity contribution in [2.75, 3.05) is 6.61 Å². The number of ether oxygens (including phenoxy) is 1. The SMILES string of the molecule is O=C1C=C(c2cccc(F)c2)CO1. The third-order valence-corrected chi connectivity index (χ3v) is 1.86. The molecule has 1 aliphatic heterocycles. The van der Waals surface area contributed by atoms with Crippen LogP contribution in [0.25, 0.3) is 5.57 Å². The lowest BCUT2D eigenvalue weighted by Crippen LogP contribution is -1.91. The number of halogens is 1. The summed E-state index contributed by atoms with van der Waals surface area (Å²) in [6.45, 7) is 0.238. The van der Waals surface area contributed by atoms with Crippen LogP contribution in [-0.2, 0) is 9.53 Å². The second kappa shape index (κ2) is 3.01. The lowest BCUT2D eigenvalue weighted by Gasteiger charge is -1.99. The molecule has 0 N–H and O–H groups in total. The van der Waals surface area contributed by atoms with Crippen LogP contribution < -0.4 is 0 Å². The first-order chi connectivity index (χ1) is 6.25. The maximum atomic E-state index is 12.8. The summed E-state index contributed by atoms with van der Waals surface area (Å²) in [5, 5.41) is 0. The Bertz CT molecular complexity index is 382. The maximum Gasteiger partial charge on any atom is 0.331 e. The molecular formula is C10H7FO2. The third-order valence-electron chi connectivity index (χ3n) is 1.86. The minimum absolute atomic E-state index is 0.238. The summed E-state index contributed by atoms with van der Waals surface area (Å²) in [5.41, 5.74) is 1.43. The Kier molecular flexibility index (Phi) is 1.85. The molecule has 0 spiro atoms. The van der Waals surface area contributed by atoms with Gasteiger partial charge in [0.05, 0.1) is 0 Å². The van der Waals surface area contributed by atoms with E-state index in [4.69, 9.17) is 4.74 Å². The number of esters is 1. The highest BCUT2D eigenvalue weighted by Gasteiger charge is 2.14. The molecule has 1 aromatic carbocycles. The predicted molar refractivity (Wildman–Crippen MR) is 45.3 cm³/mol. The number of hydrogen-bond donors (Lipinski definition) is 0. The zero-order valence-electron chi connectivity index (χ0n) is 6.79.